The van der Waals surface area contributed by atoms with Crippen LogP contribution in [0.4, 0.5) is 5.69 Å². The summed E-state index contributed by atoms with van der Waals surface area (Å²) in [6.07, 6.45) is 4.11. The number of likely N-dealkylation sites (tertiary alicyclic amines) is 1. The van der Waals surface area contributed by atoms with Crippen LogP contribution in [0.5, 0.6) is 0 Å². The van der Waals surface area contributed by atoms with E-state index in [9.17, 15) is 4.79 Å². The lowest BCUT2D eigenvalue weighted by atomic mass is 9.91. The van der Waals surface area contributed by atoms with E-state index < -0.39 is 0 Å². The first-order chi connectivity index (χ1) is 15.7. The molecule has 2 aliphatic rings. The number of hydrogen-bond donors (Lipinski definition) is 0. The van der Waals surface area contributed by atoms with Crippen molar-refractivity contribution in [2.24, 2.45) is 5.92 Å². The fourth-order valence-corrected chi connectivity index (χ4v) is 5.47. The number of hydrogen-bond acceptors (Lipinski definition) is 6. The van der Waals surface area contributed by atoms with Crippen LogP contribution in [0.1, 0.15) is 31.2 Å². The van der Waals surface area contributed by atoms with Crippen LogP contribution < -0.4 is 4.90 Å². The van der Waals surface area contributed by atoms with Crippen LogP contribution in [-0.4, -0.2) is 63.7 Å². The highest BCUT2D eigenvalue weighted by Crippen LogP contribution is 2.25. The third-order valence-electron chi connectivity index (χ3n) is 6.95. The smallest absolute Gasteiger partial charge is 0.222 e. The Bertz CT molecular complexity index is 1020. The van der Waals surface area contributed by atoms with Crippen LogP contribution >= 0.6 is 11.7 Å². The van der Waals surface area contributed by atoms with E-state index in [0.29, 0.717) is 18.2 Å². The van der Waals surface area contributed by atoms with Gasteiger partial charge in [-0.25, -0.2) is 0 Å². The van der Waals surface area contributed by atoms with E-state index in [1.807, 2.05) is 6.07 Å². The maximum Gasteiger partial charge on any atom is 0.222 e. The molecule has 0 unspecified atom stereocenters. The van der Waals surface area contributed by atoms with E-state index in [4.69, 9.17) is 0 Å². The summed E-state index contributed by atoms with van der Waals surface area (Å²) < 4.78 is 8.64. The van der Waals surface area contributed by atoms with E-state index in [1.165, 1.54) is 35.8 Å². The Morgan fingerprint density at radius 1 is 0.906 bits per heavy atom. The summed E-state index contributed by atoms with van der Waals surface area (Å²) in [5.41, 5.74) is 4.57. The van der Waals surface area contributed by atoms with Crippen molar-refractivity contribution in [3.63, 3.8) is 0 Å². The summed E-state index contributed by atoms with van der Waals surface area (Å²) in [6, 6.07) is 16.9. The van der Waals surface area contributed by atoms with Gasteiger partial charge >= 0.3 is 0 Å². The summed E-state index contributed by atoms with van der Waals surface area (Å²) in [6.45, 7) is 6.73. The first-order valence-electron chi connectivity index (χ1n) is 11.8. The van der Waals surface area contributed by atoms with Crippen LogP contribution in [0.15, 0.2) is 48.5 Å². The Kier molecular flexibility index (Phi) is 6.64. The van der Waals surface area contributed by atoms with Crippen LogP contribution in [0, 0.1) is 5.92 Å². The Hall–Kier alpha value is -2.51. The van der Waals surface area contributed by atoms with Crippen LogP contribution in [-0.2, 0) is 11.3 Å². The summed E-state index contributed by atoms with van der Waals surface area (Å²) in [7, 11) is 0. The fraction of sp³-hybridized carbons (Fsp3) is 0.480. The number of para-hydroxylation sites is 1. The minimum Gasteiger partial charge on any atom is -0.368 e. The summed E-state index contributed by atoms with van der Waals surface area (Å²) in [5, 5.41) is 0. The first kappa shape index (κ1) is 21.3. The Morgan fingerprint density at radius 3 is 2.44 bits per heavy atom. The molecule has 5 rings (SSSR count). The molecule has 3 aromatic rings. The zero-order chi connectivity index (χ0) is 21.8. The predicted octanol–water partition coefficient (Wildman–Crippen LogP) is 4.03. The highest BCUT2D eigenvalue weighted by molar-refractivity contribution is 7.00. The maximum atomic E-state index is 12.8. The second-order valence-electron chi connectivity index (χ2n) is 9.05. The Labute approximate surface area is 194 Å². The lowest BCUT2D eigenvalue weighted by Gasteiger charge is -2.36. The molecule has 1 aromatic heterocycles. The zero-order valence-electron chi connectivity index (χ0n) is 18.5. The largest absolute Gasteiger partial charge is 0.368 e. The van der Waals surface area contributed by atoms with E-state index in [-0.39, 0.29) is 0 Å². The van der Waals surface area contributed by atoms with Gasteiger partial charge in [-0.05, 0) is 68.1 Å². The van der Waals surface area contributed by atoms with Gasteiger partial charge in [0.1, 0.15) is 11.0 Å². The van der Waals surface area contributed by atoms with Crippen LogP contribution in [0.3, 0.4) is 0 Å². The van der Waals surface area contributed by atoms with Gasteiger partial charge in [0, 0.05) is 44.8 Å². The molecule has 0 N–H and O–H groups in total. The van der Waals surface area contributed by atoms with E-state index >= 15 is 0 Å². The number of piperazine rings is 1. The fourth-order valence-electron chi connectivity index (χ4n) is 4.96. The molecular formula is C25H31N5OS. The number of carbonyl (C=O) groups excluding carboxylic acids is 1. The van der Waals surface area contributed by atoms with Crippen molar-refractivity contribution < 1.29 is 4.79 Å². The van der Waals surface area contributed by atoms with Gasteiger partial charge in [-0.15, -0.1) is 0 Å². The van der Waals surface area contributed by atoms with Crippen molar-refractivity contribution >= 4 is 34.4 Å². The van der Waals surface area contributed by atoms with Gasteiger partial charge in [0.2, 0.25) is 5.91 Å². The van der Waals surface area contributed by atoms with E-state index in [2.05, 4.69) is 65.9 Å². The highest BCUT2D eigenvalue weighted by Gasteiger charge is 2.24. The molecule has 2 aliphatic heterocycles. The molecule has 2 aromatic carbocycles. The molecule has 1 amide bonds. The summed E-state index contributed by atoms with van der Waals surface area (Å²) in [4.78, 5) is 19.7. The van der Waals surface area contributed by atoms with Crippen molar-refractivity contribution in [3.05, 3.63) is 54.1 Å². The average Bonchev–Trinajstić information content (AvgIpc) is 3.32. The molecule has 0 bridgehead atoms. The monoisotopic (exact) mass is 449 g/mol. The van der Waals surface area contributed by atoms with Gasteiger partial charge in [0.25, 0.3) is 0 Å². The third-order valence-corrected chi connectivity index (χ3v) is 7.51. The summed E-state index contributed by atoms with van der Waals surface area (Å²) in [5.74, 6) is 1.01. The number of nitrogens with zero attached hydrogens (tertiary/aromatic N) is 5. The molecule has 168 valence electrons. The van der Waals surface area contributed by atoms with Gasteiger partial charge in [-0.1, -0.05) is 24.3 Å². The molecule has 0 spiro atoms. The number of fused-ring (bicyclic) bond motifs is 1. The van der Waals surface area contributed by atoms with Crippen molar-refractivity contribution in [1.82, 2.24) is 18.5 Å². The number of benzene rings is 2. The molecule has 3 heterocycles. The molecule has 7 heteroatoms. The van der Waals surface area contributed by atoms with Gasteiger partial charge in [-0.3, -0.25) is 9.69 Å². The number of carbonyl (C=O) groups is 1. The number of piperidine rings is 1. The van der Waals surface area contributed by atoms with Gasteiger partial charge in [0.05, 0.1) is 11.7 Å². The molecule has 0 atom stereocenters. The number of amides is 1. The Morgan fingerprint density at radius 2 is 1.66 bits per heavy atom. The minimum atomic E-state index is 0.338. The molecule has 2 fully saturated rings. The Balaban J connectivity index is 1.02. The first-order valence-corrected chi connectivity index (χ1v) is 12.5. The topological polar surface area (TPSA) is 52.6 Å². The lowest BCUT2D eigenvalue weighted by Crippen LogP contribution is -2.48. The SMILES string of the molecule is O=C(CCC1CCN(Cc2ccc3nsnc3c2)CC1)N1CCN(c2ccccc2)CC1. The second kappa shape index (κ2) is 9.96. The molecule has 0 aliphatic carbocycles. The average molecular weight is 450 g/mol. The van der Waals surface area contributed by atoms with Crippen LogP contribution in [0.25, 0.3) is 11.0 Å². The van der Waals surface area contributed by atoms with Crippen molar-refractivity contribution in [2.45, 2.75) is 32.2 Å². The van der Waals surface area contributed by atoms with E-state index in [0.717, 1.165) is 63.3 Å². The minimum absolute atomic E-state index is 0.338. The lowest BCUT2D eigenvalue weighted by molar-refractivity contribution is -0.131. The van der Waals surface area contributed by atoms with E-state index in [1.54, 1.807) is 0 Å². The second-order valence-corrected chi connectivity index (χ2v) is 9.58. The van der Waals surface area contributed by atoms with Crippen molar-refractivity contribution in [2.75, 3.05) is 44.2 Å². The van der Waals surface area contributed by atoms with Gasteiger partial charge in [-0.2, -0.15) is 8.75 Å². The molecule has 0 saturated carbocycles. The maximum absolute atomic E-state index is 12.8. The van der Waals surface area contributed by atoms with Crippen LogP contribution in [0.2, 0.25) is 0 Å². The molecular weight excluding hydrogens is 418 g/mol. The predicted molar refractivity (Wildman–Crippen MR) is 130 cm³/mol. The highest BCUT2D eigenvalue weighted by atomic mass is 32.1. The molecule has 0 radical (unpaired) electrons. The molecule has 2 saturated heterocycles. The quantitative estimate of drug-likeness (QED) is 0.569. The van der Waals surface area contributed by atoms with Gasteiger partial charge in [0.15, 0.2) is 0 Å². The van der Waals surface area contributed by atoms with Crippen molar-refractivity contribution in [1.29, 1.82) is 0 Å². The zero-order valence-corrected chi connectivity index (χ0v) is 19.3. The number of aromatic nitrogens is 2. The third kappa shape index (κ3) is 5.10. The normalized spacial score (nSPS) is 18.4. The van der Waals surface area contributed by atoms with Gasteiger partial charge < -0.3 is 9.80 Å². The number of rotatable bonds is 6. The number of anilines is 1. The molecule has 6 nitrogen and oxygen atoms in total. The summed E-state index contributed by atoms with van der Waals surface area (Å²) >= 11 is 1.28. The standard InChI is InChI=1S/C25H31N5OS/c31-25(30-16-14-29(15-17-30)22-4-2-1-3-5-22)9-7-20-10-12-28(13-11-20)19-21-6-8-23-24(18-21)27-32-26-23/h1-6,8,18,20H,7,9-17,19H2. The molecule has 32 heavy (non-hydrogen) atoms. The van der Waals surface area contributed by atoms with Crippen molar-refractivity contribution in [3.8, 4) is 0 Å².